The molecule has 0 radical (unpaired) electrons. The molecule has 0 aliphatic carbocycles. The van der Waals surface area contributed by atoms with Gasteiger partial charge in [0.05, 0.1) is 0 Å². The van der Waals surface area contributed by atoms with Crippen molar-refractivity contribution in [3.63, 3.8) is 0 Å². The molecule has 1 N–H and O–H groups in total. The van der Waals surface area contributed by atoms with Gasteiger partial charge in [0.1, 0.15) is 0 Å². The van der Waals surface area contributed by atoms with Gasteiger partial charge in [0.25, 0.3) is 0 Å². The fourth-order valence-electron chi connectivity index (χ4n) is 2.35. The van der Waals surface area contributed by atoms with Gasteiger partial charge in [-0.1, -0.05) is 19.1 Å². The van der Waals surface area contributed by atoms with E-state index < -0.39 is 11.9 Å². The van der Waals surface area contributed by atoms with Gasteiger partial charge in [0, 0.05) is 24.1 Å². The standard InChI is InChI=1S/C13H17NO2.Na/c1-3-9-6-8(2)12-11(7-9)10(13(15)16)4-5-14-12;/h6-7,10,14H,3-5H2,1-2H3,(H,15,16);/q;+1/p-1. The van der Waals surface area contributed by atoms with Crippen LogP contribution in [0.4, 0.5) is 5.69 Å². The topological polar surface area (TPSA) is 52.2 Å². The third-order valence-corrected chi connectivity index (χ3v) is 3.23. The van der Waals surface area contributed by atoms with Crippen LogP contribution in [0.1, 0.15) is 36.0 Å². The van der Waals surface area contributed by atoms with Gasteiger partial charge >= 0.3 is 29.6 Å². The van der Waals surface area contributed by atoms with Crippen LogP contribution in [0.15, 0.2) is 12.1 Å². The van der Waals surface area contributed by atoms with Gasteiger partial charge in [-0.2, -0.15) is 0 Å². The normalized spacial score (nSPS) is 17.6. The number of aliphatic carboxylic acids is 1. The Morgan fingerprint density at radius 1 is 1.53 bits per heavy atom. The van der Waals surface area contributed by atoms with E-state index >= 15 is 0 Å². The SMILES string of the molecule is CCc1cc(C)c2c(c1)C(C(=O)[O-])CCN2.[Na+]. The molecule has 1 unspecified atom stereocenters. The number of carboxylic acids is 1. The monoisotopic (exact) mass is 241 g/mol. The quantitative estimate of drug-likeness (QED) is 0.622. The zero-order valence-corrected chi connectivity index (χ0v) is 12.7. The molecule has 2 rings (SSSR count). The van der Waals surface area contributed by atoms with E-state index in [1.54, 1.807) is 0 Å². The van der Waals surface area contributed by atoms with Gasteiger partial charge in [-0.25, -0.2) is 0 Å². The molecule has 4 heteroatoms. The predicted molar refractivity (Wildman–Crippen MR) is 61.4 cm³/mol. The van der Waals surface area contributed by atoms with Crippen LogP contribution in [0.25, 0.3) is 0 Å². The van der Waals surface area contributed by atoms with Crippen LogP contribution >= 0.6 is 0 Å². The predicted octanol–water partition coefficient (Wildman–Crippen LogP) is -1.79. The smallest absolute Gasteiger partial charge is 0.549 e. The number of carbonyl (C=O) groups is 1. The minimum absolute atomic E-state index is 0. The summed E-state index contributed by atoms with van der Waals surface area (Å²) in [6.45, 7) is 4.80. The van der Waals surface area contributed by atoms with Gasteiger partial charge < -0.3 is 15.2 Å². The van der Waals surface area contributed by atoms with Crippen molar-refractivity contribution in [3.8, 4) is 0 Å². The molecule has 1 aromatic carbocycles. The number of carboxylic acid groups (broad SMARTS) is 1. The second-order valence-corrected chi connectivity index (χ2v) is 4.32. The first kappa shape index (κ1) is 14.6. The molecule has 0 spiro atoms. The Balaban J connectivity index is 0.00000144. The molecule has 1 aromatic rings. The summed E-state index contributed by atoms with van der Waals surface area (Å²) in [5.41, 5.74) is 4.19. The summed E-state index contributed by atoms with van der Waals surface area (Å²) in [5, 5.41) is 14.4. The maximum absolute atomic E-state index is 11.1. The summed E-state index contributed by atoms with van der Waals surface area (Å²) in [6, 6.07) is 4.11. The largest absolute Gasteiger partial charge is 1.00 e. The van der Waals surface area contributed by atoms with Crippen molar-refractivity contribution < 1.29 is 39.5 Å². The molecule has 0 saturated heterocycles. The summed E-state index contributed by atoms with van der Waals surface area (Å²) < 4.78 is 0. The number of carbonyl (C=O) groups excluding carboxylic acids is 1. The van der Waals surface area contributed by atoms with E-state index in [9.17, 15) is 9.90 Å². The number of hydrogen-bond donors (Lipinski definition) is 1. The molecule has 86 valence electrons. The number of hydrogen-bond acceptors (Lipinski definition) is 3. The fraction of sp³-hybridized carbons (Fsp3) is 0.462. The summed E-state index contributed by atoms with van der Waals surface area (Å²) in [6.07, 6.45) is 1.54. The number of anilines is 1. The Morgan fingerprint density at radius 3 is 2.82 bits per heavy atom. The summed E-state index contributed by atoms with van der Waals surface area (Å²) >= 11 is 0. The number of benzene rings is 1. The average molecular weight is 241 g/mol. The number of nitrogens with one attached hydrogen (secondary N) is 1. The second-order valence-electron chi connectivity index (χ2n) is 4.32. The van der Waals surface area contributed by atoms with Crippen LogP contribution < -0.4 is 40.0 Å². The third-order valence-electron chi connectivity index (χ3n) is 3.23. The van der Waals surface area contributed by atoms with Gasteiger partial charge in [-0.15, -0.1) is 0 Å². The molecule has 0 fully saturated rings. The Labute approximate surface area is 124 Å². The molecule has 0 saturated carbocycles. The zero-order chi connectivity index (χ0) is 11.7. The van der Waals surface area contributed by atoms with E-state index in [2.05, 4.69) is 18.3 Å². The maximum Gasteiger partial charge on any atom is 1.00 e. The Hall–Kier alpha value is -0.510. The van der Waals surface area contributed by atoms with Crippen molar-refractivity contribution in [1.29, 1.82) is 0 Å². The zero-order valence-electron chi connectivity index (χ0n) is 10.7. The molecule has 1 heterocycles. The van der Waals surface area contributed by atoms with E-state index in [-0.39, 0.29) is 29.6 Å². The van der Waals surface area contributed by atoms with Crippen LogP contribution in [0, 0.1) is 6.92 Å². The first-order chi connectivity index (χ1) is 7.63. The number of fused-ring (bicyclic) bond motifs is 1. The molecule has 3 nitrogen and oxygen atoms in total. The van der Waals surface area contributed by atoms with Crippen LogP contribution in [0.3, 0.4) is 0 Å². The van der Waals surface area contributed by atoms with Gasteiger partial charge in [0.2, 0.25) is 0 Å². The molecule has 0 aromatic heterocycles. The Morgan fingerprint density at radius 2 is 2.24 bits per heavy atom. The van der Waals surface area contributed by atoms with Crippen LogP contribution in [-0.4, -0.2) is 12.5 Å². The average Bonchev–Trinajstić information content (AvgIpc) is 2.28. The van der Waals surface area contributed by atoms with E-state index in [4.69, 9.17) is 0 Å². The van der Waals surface area contributed by atoms with Crippen LogP contribution in [-0.2, 0) is 11.2 Å². The molecule has 1 aliphatic heterocycles. The van der Waals surface area contributed by atoms with Crippen molar-refractivity contribution in [1.82, 2.24) is 0 Å². The van der Waals surface area contributed by atoms with Crippen molar-refractivity contribution in [2.45, 2.75) is 32.6 Å². The maximum atomic E-state index is 11.1. The fourth-order valence-corrected chi connectivity index (χ4v) is 2.35. The van der Waals surface area contributed by atoms with Crippen LogP contribution in [0.2, 0.25) is 0 Å². The van der Waals surface area contributed by atoms with Crippen molar-refractivity contribution >= 4 is 11.7 Å². The van der Waals surface area contributed by atoms with Gasteiger partial charge in [-0.3, -0.25) is 0 Å². The molecular formula is C13H16NNaO2. The van der Waals surface area contributed by atoms with Crippen molar-refractivity contribution in [3.05, 3.63) is 28.8 Å². The Kier molecular flexibility index (Phi) is 5.04. The second kappa shape index (κ2) is 5.89. The van der Waals surface area contributed by atoms with E-state index in [0.29, 0.717) is 13.0 Å². The first-order valence-electron chi connectivity index (χ1n) is 5.71. The molecule has 1 aliphatic rings. The minimum atomic E-state index is -0.963. The van der Waals surface area contributed by atoms with E-state index in [1.807, 2.05) is 13.0 Å². The third kappa shape index (κ3) is 2.84. The van der Waals surface area contributed by atoms with Gasteiger partial charge in [-0.05, 0) is 36.5 Å². The van der Waals surface area contributed by atoms with E-state index in [0.717, 1.165) is 23.2 Å². The minimum Gasteiger partial charge on any atom is -0.549 e. The molecule has 0 amide bonds. The summed E-state index contributed by atoms with van der Waals surface area (Å²) in [5.74, 6) is -1.42. The van der Waals surface area contributed by atoms with Crippen molar-refractivity contribution in [2.24, 2.45) is 0 Å². The van der Waals surface area contributed by atoms with Crippen LogP contribution in [0.5, 0.6) is 0 Å². The summed E-state index contributed by atoms with van der Waals surface area (Å²) in [4.78, 5) is 11.1. The van der Waals surface area contributed by atoms with Crippen molar-refractivity contribution in [2.75, 3.05) is 11.9 Å². The number of aryl methyl sites for hydroxylation is 2. The first-order valence-corrected chi connectivity index (χ1v) is 5.71. The number of rotatable bonds is 2. The molecular weight excluding hydrogens is 225 g/mol. The Bertz CT molecular complexity index is 432. The molecule has 0 bridgehead atoms. The summed E-state index contributed by atoms with van der Waals surface area (Å²) in [7, 11) is 0. The molecule has 17 heavy (non-hydrogen) atoms. The van der Waals surface area contributed by atoms with E-state index in [1.165, 1.54) is 5.56 Å². The van der Waals surface area contributed by atoms with Gasteiger partial charge in [0.15, 0.2) is 0 Å². The molecule has 1 atom stereocenters.